The molecule has 0 aromatic heterocycles. The SMILES string of the molecule is COC(CN=C(N)NC1CCCCCC1)C(C)(C)C. The van der Waals surface area contributed by atoms with Crippen molar-refractivity contribution in [1.82, 2.24) is 5.32 Å². The number of nitrogens with zero attached hydrogens (tertiary/aromatic N) is 1. The van der Waals surface area contributed by atoms with Crippen molar-refractivity contribution in [2.75, 3.05) is 13.7 Å². The number of methoxy groups -OCH3 is 1. The van der Waals surface area contributed by atoms with Crippen LogP contribution in [0.5, 0.6) is 0 Å². The maximum absolute atomic E-state index is 5.99. The van der Waals surface area contributed by atoms with E-state index >= 15 is 0 Å². The van der Waals surface area contributed by atoms with Gasteiger partial charge in [0, 0.05) is 13.2 Å². The largest absolute Gasteiger partial charge is 0.379 e. The number of hydrogen-bond donors (Lipinski definition) is 2. The van der Waals surface area contributed by atoms with Crippen molar-refractivity contribution in [3.63, 3.8) is 0 Å². The van der Waals surface area contributed by atoms with Crippen LogP contribution in [0.4, 0.5) is 0 Å². The van der Waals surface area contributed by atoms with Crippen LogP contribution in [0.1, 0.15) is 59.3 Å². The van der Waals surface area contributed by atoms with E-state index in [-0.39, 0.29) is 11.5 Å². The fourth-order valence-corrected chi connectivity index (χ4v) is 2.56. The zero-order valence-corrected chi connectivity index (χ0v) is 13.0. The highest BCUT2D eigenvalue weighted by Gasteiger charge is 2.24. The number of guanidine groups is 1. The van der Waals surface area contributed by atoms with E-state index in [1.165, 1.54) is 38.5 Å². The van der Waals surface area contributed by atoms with Gasteiger partial charge in [-0.1, -0.05) is 46.5 Å². The van der Waals surface area contributed by atoms with E-state index in [2.05, 4.69) is 31.1 Å². The summed E-state index contributed by atoms with van der Waals surface area (Å²) in [6, 6.07) is 0.502. The topological polar surface area (TPSA) is 59.6 Å². The standard InChI is InChI=1S/C15H31N3O/c1-15(2,3)13(19-4)11-17-14(16)18-12-9-7-5-6-8-10-12/h12-13H,5-11H2,1-4H3,(H3,16,17,18). The first-order chi connectivity index (χ1) is 8.93. The number of nitrogens with one attached hydrogen (secondary N) is 1. The van der Waals surface area contributed by atoms with E-state index in [1.54, 1.807) is 7.11 Å². The summed E-state index contributed by atoms with van der Waals surface area (Å²) >= 11 is 0. The van der Waals surface area contributed by atoms with Crippen LogP contribution in [0.3, 0.4) is 0 Å². The molecule has 0 bridgehead atoms. The third kappa shape index (κ3) is 6.28. The zero-order valence-electron chi connectivity index (χ0n) is 13.0. The Bertz CT molecular complexity index is 276. The lowest BCUT2D eigenvalue weighted by Gasteiger charge is -2.28. The van der Waals surface area contributed by atoms with Gasteiger partial charge >= 0.3 is 0 Å². The van der Waals surface area contributed by atoms with Crippen LogP contribution in [0, 0.1) is 5.41 Å². The molecule has 4 nitrogen and oxygen atoms in total. The van der Waals surface area contributed by atoms with Crippen molar-refractivity contribution in [3.05, 3.63) is 0 Å². The highest BCUT2D eigenvalue weighted by atomic mass is 16.5. The Morgan fingerprint density at radius 1 is 1.26 bits per heavy atom. The van der Waals surface area contributed by atoms with E-state index in [9.17, 15) is 0 Å². The molecule has 0 saturated heterocycles. The Labute approximate surface area is 118 Å². The van der Waals surface area contributed by atoms with Crippen molar-refractivity contribution >= 4 is 5.96 Å². The summed E-state index contributed by atoms with van der Waals surface area (Å²) in [5.74, 6) is 0.568. The van der Waals surface area contributed by atoms with Gasteiger partial charge in [-0.3, -0.25) is 4.99 Å². The van der Waals surface area contributed by atoms with Gasteiger partial charge in [-0.05, 0) is 18.3 Å². The summed E-state index contributed by atoms with van der Waals surface area (Å²) in [6.45, 7) is 7.09. The molecular weight excluding hydrogens is 238 g/mol. The second kappa shape index (κ2) is 7.73. The minimum absolute atomic E-state index is 0.0842. The summed E-state index contributed by atoms with van der Waals surface area (Å²) in [7, 11) is 1.74. The van der Waals surface area contributed by atoms with Crippen LogP contribution in [0.25, 0.3) is 0 Å². The molecule has 1 aliphatic rings. The molecule has 1 aliphatic carbocycles. The molecule has 0 heterocycles. The van der Waals surface area contributed by atoms with Crippen LogP contribution in [-0.4, -0.2) is 31.8 Å². The Balaban J connectivity index is 2.42. The lowest BCUT2D eigenvalue weighted by molar-refractivity contribution is 0.0241. The molecule has 1 fully saturated rings. The molecule has 19 heavy (non-hydrogen) atoms. The van der Waals surface area contributed by atoms with Crippen LogP contribution in [0.2, 0.25) is 0 Å². The van der Waals surface area contributed by atoms with E-state index in [0.29, 0.717) is 18.5 Å². The summed E-state index contributed by atoms with van der Waals surface area (Å²) in [5.41, 5.74) is 6.07. The van der Waals surface area contributed by atoms with Gasteiger partial charge in [-0.2, -0.15) is 0 Å². The molecule has 112 valence electrons. The molecule has 0 aromatic rings. The first-order valence-corrected chi connectivity index (χ1v) is 7.52. The second-order valence-corrected chi connectivity index (χ2v) is 6.65. The van der Waals surface area contributed by atoms with Gasteiger partial charge < -0.3 is 15.8 Å². The highest BCUT2D eigenvalue weighted by Crippen LogP contribution is 2.22. The van der Waals surface area contributed by atoms with Crippen LogP contribution in [0.15, 0.2) is 4.99 Å². The quantitative estimate of drug-likeness (QED) is 0.468. The predicted molar refractivity (Wildman–Crippen MR) is 81.4 cm³/mol. The fourth-order valence-electron chi connectivity index (χ4n) is 2.56. The first kappa shape index (κ1) is 16.3. The van der Waals surface area contributed by atoms with Crippen LogP contribution >= 0.6 is 0 Å². The second-order valence-electron chi connectivity index (χ2n) is 6.65. The monoisotopic (exact) mass is 269 g/mol. The molecule has 0 amide bonds. The van der Waals surface area contributed by atoms with Crippen molar-refractivity contribution in [3.8, 4) is 0 Å². The predicted octanol–water partition coefficient (Wildman–Crippen LogP) is 2.67. The van der Waals surface area contributed by atoms with Gasteiger partial charge in [0.15, 0.2) is 5.96 Å². The maximum Gasteiger partial charge on any atom is 0.188 e. The summed E-state index contributed by atoms with van der Waals surface area (Å²) in [5, 5.41) is 3.36. The summed E-state index contributed by atoms with van der Waals surface area (Å²) < 4.78 is 5.48. The molecule has 0 aromatic carbocycles. The van der Waals surface area contributed by atoms with E-state index in [4.69, 9.17) is 10.5 Å². The molecule has 1 saturated carbocycles. The smallest absolute Gasteiger partial charge is 0.188 e. The lowest BCUT2D eigenvalue weighted by atomic mass is 9.89. The highest BCUT2D eigenvalue weighted by molar-refractivity contribution is 5.78. The van der Waals surface area contributed by atoms with Crippen molar-refractivity contribution in [2.24, 2.45) is 16.1 Å². The molecule has 0 spiro atoms. The van der Waals surface area contributed by atoms with Crippen LogP contribution < -0.4 is 11.1 Å². The Hall–Kier alpha value is -0.770. The van der Waals surface area contributed by atoms with Gasteiger partial charge in [-0.15, -0.1) is 0 Å². The zero-order chi connectivity index (χ0) is 14.3. The molecule has 1 atom stereocenters. The number of hydrogen-bond acceptors (Lipinski definition) is 2. The minimum Gasteiger partial charge on any atom is -0.379 e. The van der Waals surface area contributed by atoms with Crippen molar-refractivity contribution in [2.45, 2.75) is 71.4 Å². The molecule has 1 unspecified atom stereocenters. The molecule has 1 rings (SSSR count). The molecule has 0 aliphatic heterocycles. The number of nitrogens with two attached hydrogens (primary N) is 1. The number of ether oxygens (including phenoxy) is 1. The van der Waals surface area contributed by atoms with Gasteiger partial charge in [0.1, 0.15) is 0 Å². The van der Waals surface area contributed by atoms with Gasteiger partial charge in [-0.25, -0.2) is 0 Å². The van der Waals surface area contributed by atoms with E-state index in [1.807, 2.05) is 0 Å². The van der Waals surface area contributed by atoms with Gasteiger partial charge in [0.05, 0.1) is 12.6 Å². The Kier molecular flexibility index (Phi) is 6.63. The van der Waals surface area contributed by atoms with Crippen molar-refractivity contribution < 1.29 is 4.74 Å². The van der Waals surface area contributed by atoms with Crippen molar-refractivity contribution in [1.29, 1.82) is 0 Å². The van der Waals surface area contributed by atoms with Gasteiger partial charge in [0.25, 0.3) is 0 Å². The molecule has 3 N–H and O–H groups in total. The Morgan fingerprint density at radius 3 is 2.32 bits per heavy atom. The normalized spacial score (nSPS) is 20.9. The summed E-state index contributed by atoms with van der Waals surface area (Å²) in [6.07, 6.45) is 7.82. The molecule has 4 heteroatoms. The van der Waals surface area contributed by atoms with E-state index in [0.717, 1.165) is 0 Å². The maximum atomic E-state index is 5.99. The summed E-state index contributed by atoms with van der Waals surface area (Å²) in [4.78, 5) is 4.44. The lowest BCUT2D eigenvalue weighted by Crippen LogP contribution is -2.41. The Morgan fingerprint density at radius 2 is 1.84 bits per heavy atom. The van der Waals surface area contributed by atoms with E-state index < -0.39 is 0 Å². The average Bonchev–Trinajstić information content (AvgIpc) is 2.56. The first-order valence-electron chi connectivity index (χ1n) is 7.52. The van der Waals surface area contributed by atoms with Crippen LogP contribution in [-0.2, 0) is 4.74 Å². The van der Waals surface area contributed by atoms with Gasteiger partial charge in [0.2, 0.25) is 0 Å². The number of rotatable bonds is 4. The number of aliphatic imine (C=N–C) groups is 1. The average molecular weight is 269 g/mol. The minimum atomic E-state index is 0.0842. The third-order valence-electron chi connectivity index (χ3n) is 3.89. The molecule has 0 radical (unpaired) electrons. The molecular formula is C15H31N3O. The fraction of sp³-hybridized carbons (Fsp3) is 0.933. The third-order valence-corrected chi connectivity index (χ3v) is 3.89.